The van der Waals surface area contributed by atoms with Crippen LogP contribution in [0.1, 0.15) is 29.3 Å². The van der Waals surface area contributed by atoms with Crippen LogP contribution in [-0.4, -0.2) is 5.78 Å². The van der Waals surface area contributed by atoms with Crippen LogP contribution in [0.3, 0.4) is 0 Å². The van der Waals surface area contributed by atoms with Crippen molar-refractivity contribution in [2.45, 2.75) is 13.3 Å². The Morgan fingerprint density at radius 1 is 0.944 bits per heavy atom. The van der Waals surface area contributed by atoms with E-state index in [1.165, 1.54) is 0 Å². The number of carbonyl (C=O) groups excluding carboxylic acids is 1. The summed E-state index contributed by atoms with van der Waals surface area (Å²) in [6, 6.07) is 19.4. The number of ketones is 1. The largest absolute Gasteiger partial charge is 0.289 e. The lowest BCUT2D eigenvalue weighted by Gasteiger charge is -2.04. The Morgan fingerprint density at radius 3 is 2.06 bits per heavy atom. The number of rotatable bonds is 4. The molecule has 0 bridgehead atoms. The second kappa shape index (κ2) is 5.97. The van der Waals surface area contributed by atoms with E-state index in [9.17, 15) is 4.79 Å². The van der Waals surface area contributed by atoms with Gasteiger partial charge in [0.1, 0.15) is 0 Å². The molecule has 0 aromatic heterocycles. The van der Waals surface area contributed by atoms with Gasteiger partial charge >= 0.3 is 0 Å². The fraction of sp³-hybridized carbons (Fsp3) is 0.118. The minimum absolute atomic E-state index is 0.113. The number of hydrogen-bond acceptors (Lipinski definition) is 1. The first-order valence-corrected chi connectivity index (χ1v) is 6.16. The summed E-state index contributed by atoms with van der Waals surface area (Å²) in [5.41, 5.74) is 2.66. The van der Waals surface area contributed by atoms with E-state index in [1.54, 1.807) is 0 Å². The molecule has 0 aliphatic heterocycles. The van der Waals surface area contributed by atoms with E-state index in [-0.39, 0.29) is 5.78 Å². The average Bonchev–Trinajstić information content (AvgIpc) is 2.46. The summed E-state index contributed by atoms with van der Waals surface area (Å²) in [6.07, 6.45) is 2.71. The van der Waals surface area contributed by atoms with Crippen molar-refractivity contribution in [3.63, 3.8) is 0 Å². The number of carbonyl (C=O) groups is 1. The van der Waals surface area contributed by atoms with Gasteiger partial charge in [0.25, 0.3) is 0 Å². The molecule has 1 heteroatoms. The summed E-state index contributed by atoms with van der Waals surface area (Å²) in [5, 5.41) is 0. The molecule has 0 atom stereocenters. The van der Waals surface area contributed by atoms with Gasteiger partial charge in [0.2, 0.25) is 0 Å². The average molecular weight is 236 g/mol. The molecule has 0 fully saturated rings. The molecule has 0 amide bonds. The zero-order valence-corrected chi connectivity index (χ0v) is 10.5. The molecule has 0 N–H and O–H groups in total. The SMILES string of the molecule is CC/C(=C/c1ccccc1)C(=O)c1ccccc1. The zero-order chi connectivity index (χ0) is 12.8. The lowest BCUT2D eigenvalue weighted by molar-refractivity contribution is 0.103. The molecular weight excluding hydrogens is 220 g/mol. The fourth-order valence-electron chi connectivity index (χ4n) is 1.85. The third-order valence-corrected chi connectivity index (χ3v) is 2.85. The Hall–Kier alpha value is -2.15. The molecule has 0 saturated heterocycles. The van der Waals surface area contributed by atoms with Crippen molar-refractivity contribution in [1.82, 2.24) is 0 Å². The molecule has 0 radical (unpaired) electrons. The Bertz CT molecular complexity index is 538. The second-order valence-corrected chi connectivity index (χ2v) is 4.13. The van der Waals surface area contributed by atoms with Crippen molar-refractivity contribution in [2.24, 2.45) is 0 Å². The van der Waals surface area contributed by atoms with Crippen LogP contribution < -0.4 is 0 Å². The van der Waals surface area contributed by atoms with Gasteiger partial charge in [-0.2, -0.15) is 0 Å². The molecular formula is C17H16O. The number of Topliss-reactive ketones (excluding diaryl/α,β-unsaturated/α-hetero) is 1. The fourth-order valence-corrected chi connectivity index (χ4v) is 1.85. The third kappa shape index (κ3) is 2.95. The predicted molar refractivity (Wildman–Crippen MR) is 75.5 cm³/mol. The summed E-state index contributed by atoms with van der Waals surface area (Å²) in [4.78, 5) is 12.3. The maximum absolute atomic E-state index is 12.3. The van der Waals surface area contributed by atoms with Crippen molar-refractivity contribution in [1.29, 1.82) is 0 Å². The smallest absolute Gasteiger partial charge is 0.189 e. The molecule has 0 unspecified atom stereocenters. The van der Waals surface area contributed by atoms with Gasteiger partial charge in [0.05, 0.1) is 0 Å². The molecule has 2 aromatic carbocycles. The molecule has 0 aliphatic carbocycles. The Balaban J connectivity index is 2.30. The highest BCUT2D eigenvalue weighted by atomic mass is 16.1. The molecule has 18 heavy (non-hydrogen) atoms. The monoisotopic (exact) mass is 236 g/mol. The molecule has 90 valence electrons. The number of benzene rings is 2. The topological polar surface area (TPSA) is 17.1 Å². The van der Waals surface area contributed by atoms with E-state index >= 15 is 0 Å². The van der Waals surface area contributed by atoms with Crippen LogP contribution in [0.4, 0.5) is 0 Å². The molecule has 0 spiro atoms. The number of allylic oxidation sites excluding steroid dienone is 1. The molecule has 2 aromatic rings. The lowest BCUT2D eigenvalue weighted by Crippen LogP contribution is -2.02. The van der Waals surface area contributed by atoms with E-state index in [1.807, 2.05) is 73.7 Å². The van der Waals surface area contributed by atoms with Gasteiger partial charge in [-0.1, -0.05) is 67.6 Å². The van der Waals surface area contributed by atoms with Gasteiger partial charge in [-0.25, -0.2) is 0 Å². The standard InChI is InChI=1S/C17H16O/c1-2-15(13-14-9-5-3-6-10-14)17(18)16-11-7-4-8-12-16/h3-13H,2H2,1H3/b15-13-. The van der Waals surface area contributed by atoms with Crippen LogP contribution in [0.15, 0.2) is 66.2 Å². The summed E-state index contributed by atoms with van der Waals surface area (Å²) in [6.45, 7) is 2.01. The highest BCUT2D eigenvalue weighted by Gasteiger charge is 2.09. The van der Waals surface area contributed by atoms with Crippen molar-refractivity contribution in [2.75, 3.05) is 0 Å². The Morgan fingerprint density at radius 2 is 1.50 bits per heavy atom. The maximum Gasteiger partial charge on any atom is 0.189 e. The van der Waals surface area contributed by atoms with E-state index in [0.29, 0.717) is 0 Å². The summed E-state index contributed by atoms with van der Waals surface area (Å²) >= 11 is 0. The normalized spacial score (nSPS) is 11.3. The second-order valence-electron chi connectivity index (χ2n) is 4.13. The predicted octanol–water partition coefficient (Wildman–Crippen LogP) is 4.36. The van der Waals surface area contributed by atoms with Crippen LogP contribution in [-0.2, 0) is 0 Å². The van der Waals surface area contributed by atoms with Gasteiger partial charge in [-0.15, -0.1) is 0 Å². The zero-order valence-electron chi connectivity index (χ0n) is 10.5. The third-order valence-electron chi connectivity index (χ3n) is 2.85. The van der Waals surface area contributed by atoms with E-state index in [4.69, 9.17) is 0 Å². The van der Waals surface area contributed by atoms with Crippen molar-refractivity contribution in [3.8, 4) is 0 Å². The molecule has 0 aliphatic rings. The molecule has 1 nitrogen and oxygen atoms in total. The first-order valence-electron chi connectivity index (χ1n) is 6.16. The summed E-state index contributed by atoms with van der Waals surface area (Å²) in [7, 11) is 0. The van der Waals surface area contributed by atoms with Crippen molar-refractivity contribution < 1.29 is 4.79 Å². The van der Waals surface area contributed by atoms with Crippen LogP contribution in [0, 0.1) is 0 Å². The Kier molecular flexibility index (Phi) is 4.08. The van der Waals surface area contributed by atoms with Crippen LogP contribution >= 0.6 is 0 Å². The van der Waals surface area contributed by atoms with Crippen LogP contribution in [0.25, 0.3) is 6.08 Å². The Labute approximate surface area is 108 Å². The highest BCUT2D eigenvalue weighted by molar-refractivity contribution is 6.11. The van der Waals surface area contributed by atoms with E-state index < -0.39 is 0 Å². The highest BCUT2D eigenvalue weighted by Crippen LogP contribution is 2.15. The lowest BCUT2D eigenvalue weighted by atomic mass is 9.99. The van der Waals surface area contributed by atoms with Gasteiger partial charge < -0.3 is 0 Å². The van der Waals surface area contributed by atoms with E-state index in [0.717, 1.165) is 23.1 Å². The van der Waals surface area contributed by atoms with Crippen molar-refractivity contribution >= 4 is 11.9 Å². The van der Waals surface area contributed by atoms with Gasteiger partial charge in [-0.3, -0.25) is 4.79 Å². The van der Waals surface area contributed by atoms with Crippen molar-refractivity contribution in [3.05, 3.63) is 77.4 Å². The quantitative estimate of drug-likeness (QED) is 0.569. The maximum atomic E-state index is 12.3. The van der Waals surface area contributed by atoms with E-state index in [2.05, 4.69) is 0 Å². The molecule has 2 rings (SSSR count). The summed E-state index contributed by atoms with van der Waals surface area (Å²) in [5.74, 6) is 0.113. The minimum Gasteiger partial charge on any atom is -0.289 e. The molecule has 0 saturated carbocycles. The van der Waals surface area contributed by atoms with Gasteiger partial charge in [0, 0.05) is 11.1 Å². The summed E-state index contributed by atoms with van der Waals surface area (Å²) < 4.78 is 0. The van der Waals surface area contributed by atoms with Gasteiger partial charge in [-0.05, 0) is 18.1 Å². The minimum atomic E-state index is 0.113. The van der Waals surface area contributed by atoms with Gasteiger partial charge in [0.15, 0.2) is 5.78 Å². The van der Waals surface area contributed by atoms with Crippen LogP contribution in [0.2, 0.25) is 0 Å². The van der Waals surface area contributed by atoms with Crippen LogP contribution in [0.5, 0.6) is 0 Å². The first-order chi connectivity index (χ1) is 8.81. The first kappa shape index (κ1) is 12.3. The number of hydrogen-bond donors (Lipinski definition) is 0. The molecule has 0 heterocycles.